The first-order chi connectivity index (χ1) is 11.5. The molecule has 8 nitrogen and oxygen atoms in total. The second-order valence-electron chi connectivity index (χ2n) is 5.28. The standard InChI is InChI=1S/C16H15N3O5/c17-9-12-8-13(19(22)23)5-6-14(12)18-15(20)10-24-16(21)7-11-3-1-2-4-11/h1,3,5-6,8,11H,2,4,7,10H2,(H,18,20)/t11-/m0/s1. The Morgan fingerprint density at radius 3 is 2.88 bits per heavy atom. The van der Waals surface area contributed by atoms with Crippen LogP contribution in [0.5, 0.6) is 0 Å². The van der Waals surface area contributed by atoms with Gasteiger partial charge in [0.2, 0.25) is 0 Å². The fourth-order valence-corrected chi connectivity index (χ4v) is 2.32. The molecule has 0 aliphatic heterocycles. The second-order valence-corrected chi connectivity index (χ2v) is 5.28. The van der Waals surface area contributed by atoms with Crippen molar-refractivity contribution in [1.29, 1.82) is 5.26 Å². The zero-order valence-corrected chi connectivity index (χ0v) is 12.7. The molecule has 0 saturated carbocycles. The number of rotatable bonds is 6. The summed E-state index contributed by atoms with van der Waals surface area (Å²) in [5.41, 5.74) is -0.163. The van der Waals surface area contributed by atoms with Gasteiger partial charge in [-0.05, 0) is 24.8 Å². The number of carbonyl (C=O) groups excluding carboxylic acids is 2. The molecule has 1 aromatic carbocycles. The normalized spacial score (nSPS) is 15.5. The number of amides is 1. The minimum absolute atomic E-state index is 0.0417. The van der Waals surface area contributed by atoms with Gasteiger partial charge < -0.3 is 10.1 Å². The number of benzene rings is 1. The van der Waals surface area contributed by atoms with Gasteiger partial charge in [-0.15, -0.1) is 0 Å². The summed E-state index contributed by atoms with van der Waals surface area (Å²) in [6, 6.07) is 5.28. The maximum absolute atomic E-state index is 11.8. The number of nitriles is 1. The van der Waals surface area contributed by atoms with Crippen LogP contribution in [0, 0.1) is 27.4 Å². The highest BCUT2D eigenvalue weighted by Crippen LogP contribution is 2.22. The summed E-state index contributed by atoms with van der Waals surface area (Å²) in [5.74, 6) is -0.929. The van der Waals surface area contributed by atoms with Gasteiger partial charge in [-0.1, -0.05) is 12.2 Å². The number of esters is 1. The predicted octanol–water partition coefficient (Wildman–Crippen LogP) is 2.30. The number of nitro benzene ring substituents is 1. The highest BCUT2D eigenvalue weighted by Gasteiger charge is 2.17. The van der Waals surface area contributed by atoms with Crippen molar-refractivity contribution in [2.75, 3.05) is 11.9 Å². The fourth-order valence-electron chi connectivity index (χ4n) is 2.32. The van der Waals surface area contributed by atoms with Crippen molar-refractivity contribution in [2.45, 2.75) is 19.3 Å². The van der Waals surface area contributed by atoms with Crippen LogP contribution in [0.25, 0.3) is 0 Å². The van der Waals surface area contributed by atoms with Gasteiger partial charge in [0.15, 0.2) is 6.61 Å². The minimum atomic E-state index is -0.633. The van der Waals surface area contributed by atoms with E-state index >= 15 is 0 Å². The number of nitrogens with one attached hydrogen (secondary N) is 1. The molecule has 8 heteroatoms. The molecule has 1 aliphatic carbocycles. The van der Waals surface area contributed by atoms with Crippen LogP contribution in [0.3, 0.4) is 0 Å². The summed E-state index contributed by atoms with van der Waals surface area (Å²) in [4.78, 5) is 33.5. The zero-order chi connectivity index (χ0) is 17.5. The second kappa shape index (κ2) is 7.87. The van der Waals surface area contributed by atoms with Gasteiger partial charge in [0.25, 0.3) is 11.6 Å². The van der Waals surface area contributed by atoms with E-state index in [0.717, 1.165) is 18.9 Å². The summed E-state index contributed by atoms with van der Waals surface area (Å²) < 4.78 is 4.90. The monoisotopic (exact) mass is 329 g/mol. The largest absolute Gasteiger partial charge is 0.456 e. The van der Waals surface area contributed by atoms with E-state index in [1.807, 2.05) is 12.2 Å². The van der Waals surface area contributed by atoms with E-state index in [1.165, 1.54) is 12.1 Å². The molecule has 0 saturated heterocycles. The average Bonchev–Trinajstić information content (AvgIpc) is 3.06. The number of nitrogens with zero attached hydrogens (tertiary/aromatic N) is 2. The van der Waals surface area contributed by atoms with Gasteiger partial charge >= 0.3 is 5.97 Å². The van der Waals surface area contributed by atoms with E-state index in [9.17, 15) is 19.7 Å². The number of carbonyl (C=O) groups is 2. The van der Waals surface area contributed by atoms with Crippen LogP contribution in [-0.4, -0.2) is 23.4 Å². The molecule has 1 amide bonds. The molecule has 124 valence electrons. The van der Waals surface area contributed by atoms with Crippen LogP contribution in [0.4, 0.5) is 11.4 Å². The van der Waals surface area contributed by atoms with Crippen molar-refractivity contribution in [3.8, 4) is 6.07 Å². The van der Waals surface area contributed by atoms with Crippen molar-refractivity contribution in [3.63, 3.8) is 0 Å². The number of allylic oxidation sites excluding steroid dienone is 2. The fraction of sp³-hybridized carbons (Fsp3) is 0.312. The molecular weight excluding hydrogens is 314 g/mol. The molecule has 0 radical (unpaired) electrons. The first-order valence-electron chi connectivity index (χ1n) is 7.30. The molecule has 1 aromatic rings. The third-order valence-electron chi connectivity index (χ3n) is 3.51. The Labute approximate surface area is 137 Å². The Bertz CT molecular complexity index is 736. The summed E-state index contributed by atoms with van der Waals surface area (Å²) in [6.45, 7) is -0.475. The SMILES string of the molecule is N#Cc1cc([N+](=O)[O-])ccc1NC(=O)COC(=O)C[C@H]1C=CCC1. The summed E-state index contributed by atoms with van der Waals surface area (Å²) in [7, 11) is 0. The first kappa shape index (κ1) is 17.1. The molecule has 0 bridgehead atoms. The Morgan fingerprint density at radius 1 is 1.46 bits per heavy atom. The Morgan fingerprint density at radius 2 is 2.25 bits per heavy atom. The highest BCUT2D eigenvalue weighted by atomic mass is 16.6. The molecule has 1 aliphatic rings. The zero-order valence-electron chi connectivity index (χ0n) is 12.7. The number of hydrogen-bond donors (Lipinski definition) is 1. The quantitative estimate of drug-likeness (QED) is 0.370. The molecule has 0 unspecified atom stereocenters. The van der Waals surface area contributed by atoms with Gasteiger partial charge in [0, 0.05) is 12.1 Å². The number of hydrogen-bond acceptors (Lipinski definition) is 6. The van der Waals surface area contributed by atoms with Crippen molar-refractivity contribution in [1.82, 2.24) is 0 Å². The van der Waals surface area contributed by atoms with E-state index in [0.29, 0.717) is 0 Å². The van der Waals surface area contributed by atoms with Crippen molar-refractivity contribution in [3.05, 3.63) is 46.0 Å². The first-order valence-corrected chi connectivity index (χ1v) is 7.30. The van der Waals surface area contributed by atoms with Gasteiger partial charge in [0.1, 0.15) is 6.07 Å². The lowest BCUT2D eigenvalue weighted by molar-refractivity contribution is -0.384. The molecule has 2 rings (SSSR count). The van der Waals surface area contributed by atoms with E-state index in [1.54, 1.807) is 6.07 Å². The third kappa shape index (κ3) is 4.64. The van der Waals surface area contributed by atoms with E-state index in [2.05, 4.69) is 5.32 Å². The Balaban J connectivity index is 1.88. The van der Waals surface area contributed by atoms with E-state index in [-0.39, 0.29) is 29.3 Å². The third-order valence-corrected chi connectivity index (χ3v) is 3.51. The van der Waals surface area contributed by atoms with Crippen molar-refractivity contribution < 1.29 is 19.2 Å². The van der Waals surface area contributed by atoms with Crippen LogP contribution in [0.1, 0.15) is 24.8 Å². The van der Waals surface area contributed by atoms with E-state index < -0.39 is 23.4 Å². The van der Waals surface area contributed by atoms with Crippen LogP contribution in [0.2, 0.25) is 0 Å². The van der Waals surface area contributed by atoms with Gasteiger partial charge in [-0.2, -0.15) is 5.26 Å². The molecule has 1 atom stereocenters. The average molecular weight is 329 g/mol. The topological polar surface area (TPSA) is 122 Å². The number of ether oxygens (including phenoxy) is 1. The van der Waals surface area contributed by atoms with Gasteiger partial charge in [0.05, 0.1) is 22.6 Å². The number of non-ortho nitro benzene ring substituents is 1. The predicted molar refractivity (Wildman–Crippen MR) is 83.9 cm³/mol. The molecule has 1 N–H and O–H groups in total. The van der Waals surface area contributed by atoms with Crippen LogP contribution in [-0.2, 0) is 14.3 Å². The Kier molecular flexibility index (Phi) is 5.63. The minimum Gasteiger partial charge on any atom is -0.456 e. The van der Waals surface area contributed by atoms with Crippen molar-refractivity contribution >= 4 is 23.3 Å². The lowest BCUT2D eigenvalue weighted by atomic mass is 10.1. The number of nitro groups is 1. The molecule has 0 spiro atoms. The molecular formula is C16H15N3O5. The van der Waals surface area contributed by atoms with Crippen molar-refractivity contribution in [2.24, 2.45) is 5.92 Å². The number of anilines is 1. The molecule has 0 fully saturated rings. The van der Waals surface area contributed by atoms with Crippen LogP contribution < -0.4 is 5.32 Å². The lowest BCUT2D eigenvalue weighted by Crippen LogP contribution is -2.22. The molecule has 0 heterocycles. The smallest absolute Gasteiger partial charge is 0.306 e. The molecule has 0 aromatic heterocycles. The van der Waals surface area contributed by atoms with Crippen LogP contribution >= 0.6 is 0 Å². The van der Waals surface area contributed by atoms with E-state index in [4.69, 9.17) is 10.00 Å². The highest BCUT2D eigenvalue weighted by molar-refractivity contribution is 5.94. The van der Waals surface area contributed by atoms with Crippen LogP contribution in [0.15, 0.2) is 30.4 Å². The summed E-state index contributed by atoms with van der Waals surface area (Å²) >= 11 is 0. The maximum atomic E-state index is 11.8. The Hall–Kier alpha value is -3.21. The van der Waals surface area contributed by atoms with Gasteiger partial charge in [-0.3, -0.25) is 19.7 Å². The molecule has 24 heavy (non-hydrogen) atoms. The maximum Gasteiger partial charge on any atom is 0.306 e. The van der Waals surface area contributed by atoms with Gasteiger partial charge in [-0.25, -0.2) is 0 Å². The summed E-state index contributed by atoms with van der Waals surface area (Å²) in [6.07, 6.45) is 6.02. The lowest BCUT2D eigenvalue weighted by Gasteiger charge is -2.09. The summed E-state index contributed by atoms with van der Waals surface area (Å²) in [5, 5.41) is 22.1.